The van der Waals surface area contributed by atoms with Crippen LogP contribution in [-0.4, -0.2) is 40.2 Å². The maximum atomic E-state index is 12.7. The molecule has 0 N–H and O–H groups in total. The number of amides is 1. The standard InChI is InChI=1S/C18H21N3O4/c1-10-13(5-7-23-10)18(22)21-6-4-12-8-14(24-15(12)9-21)17-20-19-16(25-17)11-2-3-11/h5,7,11-12,14-15H,2-4,6,8-9H2,1H3/t12-,14-,15+/m0/s1. The summed E-state index contributed by atoms with van der Waals surface area (Å²) in [5.74, 6) is 2.92. The Labute approximate surface area is 145 Å². The van der Waals surface area contributed by atoms with Crippen molar-refractivity contribution >= 4 is 5.91 Å². The number of aryl methyl sites for hydroxylation is 1. The molecule has 5 rings (SSSR count). The Bertz CT molecular complexity index is 794. The second kappa shape index (κ2) is 5.69. The molecule has 4 heterocycles. The first-order valence-corrected chi connectivity index (χ1v) is 9.01. The molecule has 2 aromatic rings. The van der Waals surface area contributed by atoms with Gasteiger partial charge in [-0.05, 0) is 44.6 Å². The lowest BCUT2D eigenvalue weighted by molar-refractivity contribution is -0.0125. The van der Waals surface area contributed by atoms with Crippen molar-refractivity contribution in [2.75, 3.05) is 13.1 Å². The van der Waals surface area contributed by atoms with Crippen molar-refractivity contribution in [3.05, 3.63) is 35.4 Å². The van der Waals surface area contributed by atoms with Crippen LogP contribution in [0, 0.1) is 12.8 Å². The van der Waals surface area contributed by atoms with Gasteiger partial charge in [0.1, 0.15) is 11.9 Å². The Kier molecular flexibility index (Phi) is 3.45. The van der Waals surface area contributed by atoms with Gasteiger partial charge in [-0.1, -0.05) is 0 Å². The summed E-state index contributed by atoms with van der Waals surface area (Å²) in [5.41, 5.74) is 0.638. The zero-order chi connectivity index (χ0) is 17.0. The summed E-state index contributed by atoms with van der Waals surface area (Å²) in [6.07, 6.45) is 5.57. The minimum absolute atomic E-state index is 0.0190. The van der Waals surface area contributed by atoms with Crippen LogP contribution < -0.4 is 0 Å². The normalized spacial score (nSPS) is 29.0. The molecule has 2 aromatic heterocycles. The molecular weight excluding hydrogens is 322 g/mol. The van der Waals surface area contributed by atoms with Gasteiger partial charge in [0, 0.05) is 19.0 Å². The predicted octanol–water partition coefficient (Wildman–Crippen LogP) is 2.84. The van der Waals surface area contributed by atoms with Crippen molar-refractivity contribution in [2.24, 2.45) is 5.92 Å². The van der Waals surface area contributed by atoms with Crippen LogP contribution >= 0.6 is 0 Å². The van der Waals surface area contributed by atoms with Gasteiger partial charge in [-0.3, -0.25) is 4.79 Å². The van der Waals surface area contributed by atoms with E-state index in [0.29, 0.717) is 35.6 Å². The summed E-state index contributed by atoms with van der Waals surface area (Å²) in [7, 11) is 0. The van der Waals surface area contributed by atoms with Gasteiger partial charge in [0.2, 0.25) is 11.8 Å². The minimum atomic E-state index is -0.138. The van der Waals surface area contributed by atoms with E-state index in [-0.39, 0.29) is 18.1 Å². The van der Waals surface area contributed by atoms with Crippen LogP contribution in [0.1, 0.15) is 65.6 Å². The monoisotopic (exact) mass is 343 g/mol. The molecule has 25 heavy (non-hydrogen) atoms. The van der Waals surface area contributed by atoms with Gasteiger partial charge < -0.3 is 18.5 Å². The average Bonchev–Trinajstić information content (AvgIpc) is 3.03. The molecular formula is C18H21N3O4. The highest BCUT2D eigenvalue weighted by Gasteiger charge is 2.43. The smallest absolute Gasteiger partial charge is 0.257 e. The van der Waals surface area contributed by atoms with Crippen molar-refractivity contribution in [3.63, 3.8) is 0 Å². The van der Waals surface area contributed by atoms with Crippen LogP contribution in [0.3, 0.4) is 0 Å². The molecule has 0 radical (unpaired) electrons. The molecule has 1 aliphatic carbocycles. The predicted molar refractivity (Wildman–Crippen MR) is 86.0 cm³/mol. The fourth-order valence-electron chi connectivity index (χ4n) is 3.92. The van der Waals surface area contributed by atoms with Crippen LogP contribution in [0.25, 0.3) is 0 Å². The third kappa shape index (κ3) is 2.66. The summed E-state index contributed by atoms with van der Waals surface area (Å²) in [4.78, 5) is 14.5. The fraction of sp³-hybridized carbons (Fsp3) is 0.611. The van der Waals surface area contributed by atoms with Gasteiger partial charge in [0.15, 0.2) is 0 Å². The van der Waals surface area contributed by atoms with E-state index in [9.17, 15) is 4.79 Å². The lowest BCUT2D eigenvalue weighted by atomic mass is 9.91. The Hall–Kier alpha value is -2.15. The van der Waals surface area contributed by atoms with E-state index in [2.05, 4.69) is 10.2 Å². The van der Waals surface area contributed by atoms with Crippen LogP contribution in [0.2, 0.25) is 0 Å². The number of hydrogen-bond donors (Lipinski definition) is 0. The van der Waals surface area contributed by atoms with Gasteiger partial charge in [-0.2, -0.15) is 0 Å². The quantitative estimate of drug-likeness (QED) is 0.852. The zero-order valence-corrected chi connectivity index (χ0v) is 14.2. The second-order valence-corrected chi connectivity index (χ2v) is 7.34. The highest BCUT2D eigenvalue weighted by Crippen LogP contribution is 2.43. The number of likely N-dealkylation sites (tertiary alicyclic amines) is 1. The number of hydrogen-bond acceptors (Lipinski definition) is 6. The molecule has 7 heteroatoms. The molecule has 0 spiro atoms. The first-order valence-electron chi connectivity index (χ1n) is 9.01. The molecule has 0 bridgehead atoms. The van der Waals surface area contributed by atoms with E-state index in [4.69, 9.17) is 13.6 Å². The van der Waals surface area contributed by atoms with Gasteiger partial charge in [-0.15, -0.1) is 10.2 Å². The molecule has 2 saturated heterocycles. The first kappa shape index (κ1) is 15.1. The van der Waals surface area contributed by atoms with E-state index in [0.717, 1.165) is 38.1 Å². The number of piperidine rings is 1. The number of furan rings is 1. The molecule has 3 aliphatic rings. The highest BCUT2D eigenvalue weighted by molar-refractivity contribution is 5.95. The van der Waals surface area contributed by atoms with Crippen molar-refractivity contribution in [1.29, 1.82) is 0 Å². The molecule has 3 fully saturated rings. The average molecular weight is 343 g/mol. The molecule has 0 aromatic carbocycles. The lowest BCUT2D eigenvalue weighted by Crippen LogP contribution is -2.45. The van der Waals surface area contributed by atoms with Gasteiger partial charge >= 0.3 is 0 Å². The van der Waals surface area contributed by atoms with Crippen molar-refractivity contribution in [1.82, 2.24) is 15.1 Å². The molecule has 2 aliphatic heterocycles. The summed E-state index contributed by atoms with van der Waals surface area (Å²) in [6, 6.07) is 1.74. The Morgan fingerprint density at radius 1 is 1.24 bits per heavy atom. The summed E-state index contributed by atoms with van der Waals surface area (Å²) in [5, 5.41) is 8.34. The van der Waals surface area contributed by atoms with E-state index >= 15 is 0 Å². The molecule has 7 nitrogen and oxygen atoms in total. The van der Waals surface area contributed by atoms with Gasteiger partial charge in [-0.25, -0.2) is 0 Å². The second-order valence-electron chi connectivity index (χ2n) is 7.34. The highest BCUT2D eigenvalue weighted by atomic mass is 16.5. The molecule has 132 valence electrons. The Morgan fingerprint density at radius 2 is 2.08 bits per heavy atom. The third-order valence-electron chi connectivity index (χ3n) is 5.59. The van der Waals surface area contributed by atoms with Gasteiger partial charge in [0.05, 0.1) is 17.9 Å². The summed E-state index contributed by atoms with van der Waals surface area (Å²) >= 11 is 0. The van der Waals surface area contributed by atoms with E-state index in [1.54, 1.807) is 12.3 Å². The number of nitrogens with zero attached hydrogens (tertiary/aromatic N) is 3. The SMILES string of the molecule is Cc1occc1C(=O)N1CC[C@H]2C[C@@H](c3nnc(C4CC4)o3)O[C@@H]2C1. The maximum Gasteiger partial charge on any atom is 0.257 e. The topological polar surface area (TPSA) is 81.6 Å². The van der Waals surface area contributed by atoms with Crippen molar-refractivity contribution < 1.29 is 18.4 Å². The lowest BCUT2D eigenvalue weighted by Gasteiger charge is -2.33. The number of aromatic nitrogens is 2. The third-order valence-corrected chi connectivity index (χ3v) is 5.59. The fourth-order valence-corrected chi connectivity index (χ4v) is 3.92. The van der Waals surface area contributed by atoms with Crippen LogP contribution in [0.4, 0.5) is 0 Å². The van der Waals surface area contributed by atoms with Crippen LogP contribution in [0.5, 0.6) is 0 Å². The largest absolute Gasteiger partial charge is 0.469 e. The van der Waals surface area contributed by atoms with Crippen LogP contribution in [-0.2, 0) is 4.74 Å². The molecule has 1 amide bonds. The Morgan fingerprint density at radius 3 is 2.84 bits per heavy atom. The van der Waals surface area contributed by atoms with Crippen molar-refractivity contribution in [3.8, 4) is 0 Å². The maximum absolute atomic E-state index is 12.7. The Balaban J connectivity index is 1.27. The van der Waals surface area contributed by atoms with E-state index in [1.165, 1.54) is 0 Å². The van der Waals surface area contributed by atoms with Crippen molar-refractivity contribution in [2.45, 2.75) is 50.7 Å². The number of ether oxygens (including phenoxy) is 1. The first-order chi connectivity index (χ1) is 12.2. The van der Waals surface area contributed by atoms with E-state index in [1.807, 2.05) is 11.8 Å². The minimum Gasteiger partial charge on any atom is -0.469 e. The summed E-state index contributed by atoms with van der Waals surface area (Å²) < 4.78 is 17.2. The number of fused-ring (bicyclic) bond motifs is 1. The zero-order valence-electron chi connectivity index (χ0n) is 14.2. The molecule has 3 atom stereocenters. The molecule has 1 saturated carbocycles. The van der Waals surface area contributed by atoms with Gasteiger partial charge in [0.25, 0.3) is 5.91 Å². The number of carbonyl (C=O) groups is 1. The number of carbonyl (C=O) groups excluding carboxylic acids is 1. The summed E-state index contributed by atoms with van der Waals surface area (Å²) in [6.45, 7) is 3.17. The van der Waals surface area contributed by atoms with E-state index < -0.39 is 0 Å². The molecule has 0 unspecified atom stereocenters. The van der Waals surface area contributed by atoms with Crippen LogP contribution in [0.15, 0.2) is 21.2 Å². The number of rotatable bonds is 3.